The maximum atomic E-state index is 13.6. The van der Waals surface area contributed by atoms with Crippen molar-refractivity contribution in [2.24, 2.45) is 11.8 Å². The van der Waals surface area contributed by atoms with Crippen molar-refractivity contribution in [1.29, 1.82) is 0 Å². The fourth-order valence-corrected chi connectivity index (χ4v) is 6.54. The van der Waals surface area contributed by atoms with Crippen LogP contribution < -0.4 is 14.8 Å². The van der Waals surface area contributed by atoms with E-state index < -0.39 is 4.92 Å². The van der Waals surface area contributed by atoms with Crippen molar-refractivity contribution in [2.45, 2.75) is 44.4 Å². The van der Waals surface area contributed by atoms with E-state index in [2.05, 4.69) is 20.4 Å². The highest BCUT2D eigenvalue weighted by molar-refractivity contribution is 5.92. The molecule has 1 aromatic heterocycles. The Balaban J connectivity index is 1.02. The van der Waals surface area contributed by atoms with E-state index in [-0.39, 0.29) is 24.2 Å². The number of fused-ring (bicyclic) bond motifs is 2. The number of ether oxygens (including phenoxy) is 2. The Morgan fingerprint density at radius 1 is 1.12 bits per heavy atom. The summed E-state index contributed by atoms with van der Waals surface area (Å²) in [6.45, 7) is 3.62. The van der Waals surface area contributed by atoms with Gasteiger partial charge in [-0.2, -0.15) is 5.10 Å². The average molecular weight is 564 g/mol. The summed E-state index contributed by atoms with van der Waals surface area (Å²) in [6, 6.07) is 7.65. The molecule has 2 fully saturated rings. The summed E-state index contributed by atoms with van der Waals surface area (Å²) in [5.74, 6) is 1.51. The molecule has 2 aromatic carbocycles. The number of nitrogens with one attached hydrogen (secondary N) is 2. The first-order valence-corrected chi connectivity index (χ1v) is 14.3. The number of halogens is 1. The van der Waals surface area contributed by atoms with Gasteiger partial charge in [-0.15, -0.1) is 0 Å². The highest BCUT2D eigenvalue weighted by Gasteiger charge is 2.30. The fourth-order valence-electron chi connectivity index (χ4n) is 6.54. The monoisotopic (exact) mass is 563 g/mol. The first-order valence-electron chi connectivity index (χ1n) is 14.3. The van der Waals surface area contributed by atoms with Gasteiger partial charge in [0.25, 0.3) is 5.69 Å². The number of hydrogen-bond donors (Lipinski definition) is 2. The molecule has 11 heteroatoms. The van der Waals surface area contributed by atoms with Crippen molar-refractivity contribution in [2.75, 3.05) is 33.0 Å². The number of carbonyl (C=O) groups is 1. The number of piperidine rings is 1. The molecule has 0 bridgehead atoms. The molecular weight excluding hydrogens is 529 g/mol. The second-order valence-corrected chi connectivity index (χ2v) is 11.3. The van der Waals surface area contributed by atoms with Gasteiger partial charge in [0.15, 0.2) is 11.5 Å². The van der Waals surface area contributed by atoms with Gasteiger partial charge in [0.2, 0.25) is 12.7 Å². The number of aromatic amines is 1. The van der Waals surface area contributed by atoms with Crippen molar-refractivity contribution in [3.8, 4) is 11.5 Å². The Bertz CT molecular complexity index is 1460. The second-order valence-electron chi connectivity index (χ2n) is 11.3. The predicted molar refractivity (Wildman–Crippen MR) is 151 cm³/mol. The lowest BCUT2D eigenvalue weighted by Crippen LogP contribution is -2.42. The number of hydrogen-bond acceptors (Lipinski definition) is 7. The molecule has 2 aliphatic heterocycles. The molecule has 10 nitrogen and oxygen atoms in total. The van der Waals surface area contributed by atoms with E-state index in [1.54, 1.807) is 0 Å². The molecule has 1 saturated heterocycles. The number of likely N-dealkylation sites (tertiary alicyclic amines) is 1. The van der Waals surface area contributed by atoms with Crippen LogP contribution in [-0.2, 0) is 4.79 Å². The van der Waals surface area contributed by atoms with E-state index in [9.17, 15) is 19.3 Å². The quantitative estimate of drug-likeness (QED) is 0.221. The normalized spacial score (nSPS) is 21.5. The van der Waals surface area contributed by atoms with E-state index in [0.29, 0.717) is 46.9 Å². The van der Waals surface area contributed by atoms with Crippen LogP contribution in [0.4, 0.5) is 10.1 Å². The van der Waals surface area contributed by atoms with Crippen LogP contribution in [-0.4, -0.2) is 58.9 Å². The molecule has 216 valence electrons. The number of nitro groups is 1. The molecule has 6 rings (SSSR count). The molecule has 1 amide bonds. The standard InChI is InChI=1S/C30H34FN5O5/c31-23-6-7-24-25(14-23)33-34-30(24)19-9-11-35(12-10-19)17-22-4-2-1-3-21(22)16-32-29(37)8-5-20-13-27-28(41-18-40-27)15-26(20)36(38)39/h5-8,13-15,19,21-22H,1-4,9-12,16-18H2,(H,32,37)(H,33,34)/b8-5+/t21-,22-/m0/s1. The van der Waals surface area contributed by atoms with Crippen molar-refractivity contribution in [3.05, 3.63) is 63.6 Å². The maximum absolute atomic E-state index is 13.6. The molecule has 0 spiro atoms. The third-order valence-corrected chi connectivity index (χ3v) is 8.77. The van der Waals surface area contributed by atoms with Crippen LogP contribution in [0.2, 0.25) is 0 Å². The first kappa shape index (κ1) is 27.2. The number of nitro benzene ring substituents is 1. The molecule has 3 aliphatic rings. The first-order chi connectivity index (χ1) is 19.9. The minimum Gasteiger partial charge on any atom is -0.454 e. The van der Waals surface area contributed by atoms with E-state index in [0.717, 1.165) is 62.8 Å². The number of rotatable bonds is 8. The third kappa shape index (κ3) is 6.04. The molecule has 2 atom stereocenters. The molecule has 2 N–H and O–H groups in total. The molecular formula is C30H34FN5O5. The number of H-pyrrole nitrogens is 1. The van der Waals surface area contributed by atoms with Crippen molar-refractivity contribution < 1.29 is 23.6 Å². The minimum atomic E-state index is -0.493. The summed E-state index contributed by atoms with van der Waals surface area (Å²) < 4.78 is 24.1. The molecule has 41 heavy (non-hydrogen) atoms. The van der Waals surface area contributed by atoms with Crippen molar-refractivity contribution in [1.82, 2.24) is 20.4 Å². The van der Waals surface area contributed by atoms with E-state index in [4.69, 9.17) is 9.47 Å². The van der Waals surface area contributed by atoms with Crippen LogP contribution in [0, 0.1) is 27.8 Å². The Morgan fingerprint density at radius 2 is 1.88 bits per heavy atom. The largest absolute Gasteiger partial charge is 0.454 e. The summed E-state index contributed by atoms with van der Waals surface area (Å²) in [4.78, 5) is 26.2. The van der Waals surface area contributed by atoms with Gasteiger partial charge in [0.05, 0.1) is 22.1 Å². The molecule has 1 aliphatic carbocycles. The zero-order valence-electron chi connectivity index (χ0n) is 22.8. The van der Waals surface area contributed by atoms with Gasteiger partial charge in [-0.3, -0.25) is 20.0 Å². The average Bonchev–Trinajstić information content (AvgIpc) is 3.61. The summed E-state index contributed by atoms with van der Waals surface area (Å²) in [6.07, 6.45) is 9.45. The van der Waals surface area contributed by atoms with Crippen LogP contribution in [0.25, 0.3) is 17.0 Å². The lowest BCUT2D eigenvalue weighted by Gasteiger charge is -2.38. The molecule has 0 radical (unpaired) electrons. The number of carbonyl (C=O) groups excluding carboxylic acids is 1. The number of nitrogens with zero attached hydrogens (tertiary/aromatic N) is 3. The Hall–Kier alpha value is -3.99. The van der Waals surface area contributed by atoms with Gasteiger partial charge in [0, 0.05) is 42.2 Å². The van der Waals surface area contributed by atoms with Gasteiger partial charge < -0.3 is 19.7 Å². The number of amides is 1. The lowest BCUT2D eigenvalue weighted by molar-refractivity contribution is -0.385. The Labute approximate surface area is 237 Å². The summed E-state index contributed by atoms with van der Waals surface area (Å²) in [5.41, 5.74) is 1.95. The summed E-state index contributed by atoms with van der Waals surface area (Å²) in [5, 5.41) is 23.0. The van der Waals surface area contributed by atoms with Crippen LogP contribution in [0.1, 0.15) is 55.7 Å². The van der Waals surface area contributed by atoms with Gasteiger partial charge in [0.1, 0.15) is 5.82 Å². The van der Waals surface area contributed by atoms with Crippen LogP contribution in [0.5, 0.6) is 11.5 Å². The Kier molecular flexibility index (Phi) is 7.86. The minimum absolute atomic E-state index is 0.0183. The zero-order chi connectivity index (χ0) is 28.3. The molecule has 3 heterocycles. The molecule has 0 unspecified atom stereocenters. The predicted octanol–water partition coefficient (Wildman–Crippen LogP) is 5.15. The van der Waals surface area contributed by atoms with E-state index >= 15 is 0 Å². The second kappa shape index (κ2) is 11.9. The highest BCUT2D eigenvalue weighted by atomic mass is 19.1. The maximum Gasteiger partial charge on any atom is 0.280 e. The van der Waals surface area contributed by atoms with Gasteiger partial charge in [-0.05, 0) is 74.9 Å². The number of aromatic nitrogens is 2. The number of benzene rings is 2. The topological polar surface area (TPSA) is 123 Å². The van der Waals surface area contributed by atoms with E-state index in [1.165, 1.54) is 42.8 Å². The van der Waals surface area contributed by atoms with Gasteiger partial charge in [-0.25, -0.2) is 4.39 Å². The fraction of sp³-hybridized carbons (Fsp3) is 0.467. The van der Waals surface area contributed by atoms with E-state index in [1.807, 2.05) is 6.07 Å². The highest BCUT2D eigenvalue weighted by Crippen LogP contribution is 2.39. The van der Waals surface area contributed by atoms with Crippen molar-refractivity contribution >= 4 is 28.6 Å². The van der Waals surface area contributed by atoms with Crippen LogP contribution in [0.3, 0.4) is 0 Å². The van der Waals surface area contributed by atoms with Crippen molar-refractivity contribution in [3.63, 3.8) is 0 Å². The zero-order valence-corrected chi connectivity index (χ0v) is 22.8. The van der Waals surface area contributed by atoms with Crippen LogP contribution in [0.15, 0.2) is 36.4 Å². The SMILES string of the molecule is O=C(/C=C/c1cc2c(cc1[N+](=O)[O-])OCO2)NC[C@@H]1CCCC[C@H]1CN1CCC(c2[nH]nc3cc(F)ccc23)CC1. The van der Waals surface area contributed by atoms with Gasteiger partial charge in [-0.1, -0.05) is 12.8 Å². The van der Waals surface area contributed by atoms with Crippen LogP contribution >= 0.6 is 0 Å². The Morgan fingerprint density at radius 3 is 2.66 bits per heavy atom. The molecule has 1 saturated carbocycles. The van der Waals surface area contributed by atoms with Gasteiger partial charge >= 0.3 is 0 Å². The summed E-state index contributed by atoms with van der Waals surface area (Å²) >= 11 is 0. The smallest absolute Gasteiger partial charge is 0.280 e. The third-order valence-electron chi connectivity index (χ3n) is 8.77. The molecule has 3 aromatic rings. The summed E-state index contributed by atoms with van der Waals surface area (Å²) in [7, 11) is 0. The lowest BCUT2D eigenvalue weighted by atomic mass is 9.78.